The van der Waals surface area contributed by atoms with Crippen molar-refractivity contribution in [1.29, 1.82) is 0 Å². The van der Waals surface area contributed by atoms with E-state index in [9.17, 15) is 4.79 Å². The summed E-state index contributed by atoms with van der Waals surface area (Å²) < 4.78 is 1.77. The second-order valence-electron chi connectivity index (χ2n) is 6.46. The fourth-order valence-electron chi connectivity index (χ4n) is 2.83. The van der Waals surface area contributed by atoms with E-state index in [1.54, 1.807) is 10.9 Å². The minimum absolute atomic E-state index is 0. The first-order chi connectivity index (χ1) is 12.5. The van der Waals surface area contributed by atoms with E-state index in [1.807, 2.05) is 69.3 Å². The second kappa shape index (κ2) is 10.2. The van der Waals surface area contributed by atoms with Gasteiger partial charge in [0.2, 0.25) is 5.91 Å². The van der Waals surface area contributed by atoms with E-state index in [2.05, 4.69) is 15.4 Å². The first kappa shape index (κ1) is 23.6. The standard InChI is InChI=1S/C20H23N5O.2ClH/c1-13-11-14(2)25(24-13)18-10-9-17(12-22-18)23-20(26)15(3)19(21)16-7-5-4-6-8-16;;/h4-12,15,19H,21H2,1-3H3,(H,23,26);2*1H. The summed E-state index contributed by atoms with van der Waals surface area (Å²) in [6.07, 6.45) is 1.63. The van der Waals surface area contributed by atoms with Crippen molar-refractivity contribution < 1.29 is 4.79 Å². The zero-order chi connectivity index (χ0) is 18.7. The van der Waals surface area contributed by atoms with Crippen LogP contribution in [0.1, 0.15) is 29.9 Å². The molecule has 0 bridgehead atoms. The van der Waals surface area contributed by atoms with Crippen LogP contribution in [-0.2, 0) is 4.79 Å². The number of nitrogens with one attached hydrogen (secondary N) is 1. The molecular formula is C20H25Cl2N5O. The Hall–Kier alpha value is -2.41. The molecule has 1 amide bonds. The van der Waals surface area contributed by atoms with Crippen molar-refractivity contribution >= 4 is 36.4 Å². The quantitative estimate of drug-likeness (QED) is 0.651. The Morgan fingerprint density at radius 1 is 1.11 bits per heavy atom. The molecule has 0 saturated heterocycles. The lowest BCUT2D eigenvalue weighted by Crippen LogP contribution is -2.30. The molecule has 0 aliphatic heterocycles. The third kappa shape index (κ3) is 5.32. The minimum atomic E-state index is -0.368. The molecule has 0 fully saturated rings. The molecule has 0 radical (unpaired) electrons. The highest BCUT2D eigenvalue weighted by Crippen LogP contribution is 2.21. The number of aromatic nitrogens is 3. The zero-order valence-corrected chi connectivity index (χ0v) is 17.6. The number of halogens is 2. The average molecular weight is 422 g/mol. The summed E-state index contributed by atoms with van der Waals surface area (Å²) in [5.41, 5.74) is 9.74. The highest BCUT2D eigenvalue weighted by molar-refractivity contribution is 5.92. The Kier molecular flexibility index (Phi) is 8.63. The number of amides is 1. The Morgan fingerprint density at radius 3 is 2.32 bits per heavy atom. The summed E-state index contributed by atoms with van der Waals surface area (Å²) in [5, 5.41) is 7.29. The fraction of sp³-hybridized carbons (Fsp3) is 0.250. The van der Waals surface area contributed by atoms with Crippen molar-refractivity contribution in [3.8, 4) is 5.82 Å². The van der Waals surface area contributed by atoms with E-state index in [-0.39, 0.29) is 42.7 Å². The first-order valence-electron chi connectivity index (χ1n) is 8.57. The number of nitrogens with zero attached hydrogens (tertiary/aromatic N) is 3. The smallest absolute Gasteiger partial charge is 0.229 e. The predicted octanol–water partition coefficient (Wildman–Crippen LogP) is 4.00. The van der Waals surface area contributed by atoms with Crippen LogP contribution in [0.25, 0.3) is 5.82 Å². The van der Waals surface area contributed by atoms with Crippen LogP contribution in [0, 0.1) is 19.8 Å². The van der Waals surface area contributed by atoms with E-state index in [4.69, 9.17) is 5.73 Å². The van der Waals surface area contributed by atoms with Crippen LogP contribution in [-0.4, -0.2) is 20.7 Å². The van der Waals surface area contributed by atoms with Gasteiger partial charge in [-0.3, -0.25) is 4.79 Å². The van der Waals surface area contributed by atoms with Gasteiger partial charge in [-0.05, 0) is 37.6 Å². The lowest BCUT2D eigenvalue weighted by molar-refractivity contribution is -0.120. The Morgan fingerprint density at radius 2 is 1.79 bits per heavy atom. The van der Waals surface area contributed by atoms with Gasteiger partial charge < -0.3 is 11.1 Å². The summed E-state index contributed by atoms with van der Waals surface area (Å²) >= 11 is 0. The molecule has 1 aromatic carbocycles. The van der Waals surface area contributed by atoms with Gasteiger partial charge in [-0.2, -0.15) is 5.10 Å². The highest BCUT2D eigenvalue weighted by atomic mass is 35.5. The SMILES string of the molecule is Cc1cc(C)n(-c2ccc(NC(=O)C(C)C(N)c3ccccc3)cn2)n1.Cl.Cl. The molecule has 0 saturated carbocycles. The van der Waals surface area contributed by atoms with Gasteiger partial charge in [0.25, 0.3) is 0 Å². The van der Waals surface area contributed by atoms with Crippen LogP contribution in [0.4, 0.5) is 5.69 Å². The number of pyridine rings is 1. The van der Waals surface area contributed by atoms with Crippen LogP contribution in [0.3, 0.4) is 0 Å². The molecule has 2 aromatic heterocycles. The summed E-state index contributed by atoms with van der Waals surface area (Å²) in [7, 11) is 0. The van der Waals surface area contributed by atoms with Crippen molar-refractivity contribution in [3.63, 3.8) is 0 Å². The first-order valence-corrected chi connectivity index (χ1v) is 8.57. The number of carbonyl (C=O) groups is 1. The van der Waals surface area contributed by atoms with Crippen LogP contribution in [0.5, 0.6) is 0 Å². The van der Waals surface area contributed by atoms with E-state index < -0.39 is 0 Å². The third-order valence-corrected chi connectivity index (χ3v) is 4.38. The van der Waals surface area contributed by atoms with Gasteiger partial charge in [0, 0.05) is 11.7 Å². The zero-order valence-electron chi connectivity index (χ0n) is 16.0. The summed E-state index contributed by atoms with van der Waals surface area (Å²) in [6.45, 7) is 5.74. The maximum atomic E-state index is 12.5. The van der Waals surface area contributed by atoms with Crippen LogP contribution < -0.4 is 11.1 Å². The molecule has 6 nitrogen and oxygen atoms in total. The van der Waals surface area contributed by atoms with Crippen molar-refractivity contribution in [1.82, 2.24) is 14.8 Å². The van der Waals surface area contributed by atoms with E-state index in [0.29, 0.717) is 11.5 Å². The van der Waals surface area contributed by atoms with Gasteiger partial charge in [-0.15, -0.1) is 24.8 Å². The molecule has 2 atom stereocenters. The number of anilines is 1. The molecule has 28 heavy (non-hydrogen) atoms. The number of benzene rings is 1. The lowest BCUT2D eigenvalue weighted by Gasteiger charge is -2.19. The predicted molar refractivity (Wildman–Crippen MR) is 116 cm³/mol. The summed E-state index contributed by atoms with van der Waals surface area (Å²) in [6, 6.07) is 14.9. The van der Waals surface area contributed by atoms with Gasteiger partial charge in [0.05, 0.1) is 23.5 Å². The molecule has 2 unspecified atom stereocenters. The number of hydrogen-bond donors (Lipinski definition) is 2. The van der Waals surface area contributed by atoms with Gasteiger partial charge in [-0.1, -0.05) is 37.3 Å². The monoisotopic (exact) mass is 421 g/mol. The van der Waals surface area contributed by atoms with Gasteiger partial charge in [0.1, 0.15) is 0 Å². The average Bonchev–Trinajstić information content (AvgIpc) is 3.00. The molecule has 0 aliphatic carbocycles. The van der Waals surface area contributed by atoms with Gasteiger partial charge in [0.15, 0.2) is 5.82 Å². The highest BCUT2D eigenvalue weighted by Gasteiger charge is 2.22. The van der Waals surface area contributed by atoms with Gasteiger partial charge >= 0.3 is 0 Å². The molecule has 0 spiro atoms. The molecule has 150 valence electrons. The number of carbonyl (C=O) groups excluding carboxylic acids is 1. The Labute approximate surface area is 177 Å². The molecule has 3 rings (SSSR count). The van der Waals surface area contributed by atoms with Crippen LogP contribution >= 0.6 is 24.8 Å². The maximum absolute atomic E-state index is 12.5. The normalized spacial score (nSPS) is 12.3. The molecule has 0 aliphatic rings. The lowest BCUT2D eigenvalue weighted by atomic mass is 9.94. The van der Waals surface area contributed by atoms with Crippen molar-refractivity contribution in [2.45, 2.75) is 26.8 Å². The third-order valence-electron chi connectivity index (χ3n) is 4.38. The number of rotatable bonds is 5. The Bertz CT molecular complexity index is 897. The second-order valence-corrected chi connectivity index (χ2v) is 6.46. The van der Waals surface area contributed by atoms with Crippen molar-refractivity contribution in [2.75, 3.05) is 5.32 Å². The fourth-order valence-corrected chi connectivity index (χ4v) is 2.83. The Balaban J connectivity index is 0.00000196. The largest absolute Gasteiger partial charge is 0.324 e. The van der Waals surface area contributed by atoms with E-state index >= 15 is 0 Å². The van der Waals surface area contributed by atoms with Crippen LogP contribution in [0.2, 0.25) is 0 Å². The molecular weight excluding hydrogens is 397 g/mol. The van der Waals surface area contributed by atoms with E-state index in [0.717, 1.165) is 17.0 Å². The van der Waals surface area contributed by atoms with Crippen molar-refractivity contribution in [2.24, 2.45) is 11.7 Å². The molecule has 8 heteroatoms. The molecule has 3 aromatic rings. The summed E-state index contributed by atoms with van der Waals surface area (Å²) in [4.78, 5) is 16.9. The maximum Gasteiger partial charge on any atom is 0.229 e. The van der Waals surface area contributed by atoms with Crippen molar-refractivity contribution in [3.05, 3.63) is 71.7 Å². The van der Waals surface area contributed by atoms with Crippen LogP contribution in [0.15, 0.2) is 54.7 Å². The van der Waals surface area contributed by atoms with E-state index in [1.165, 1.54) is 0 Å². The summed E-state index contributed by atoms with van der Waals surface area (Å²) in [5.74, 6) is 0.206. The topological polar surface area (TPSA) is 85.8 Å². The molecule has 2 heterocycles. The number of aryl methyl sites for hydroxylation is 2. The number of nitrogens with two attached hydrogens (primary N) is 1. The van der Waals surface area contributed by atoms with Gasteiger partial charge in [-0.25, -0.2) is 9.67 Å². The number of hydrogen-bond acceptors (Lipinski definition) is 4. The molecule has 3 N–H and O–H groups in total. The minimum Gasteiger partial charge on any atom is -0.324 e.